The molecule has 5 heteroatoms. The molecule has 0 atom stereocenters. The molecule has 0 aliphatic heterocycles. The quantitative estimate of drug-likeness (QED) is 0.562. The Hall–Kier alpha value is -2.04. The second-order valence-electron chi connectivity index (χ2n) is 8.51. The zero-order valence-electron chi connectivity index (χ0n) is 17.8. The van der Waals surface area contributed by atoms with Crippen LogP contribution in [0.1, 0.15) is 65.4 Å². The van der Waals surface area contributed by atoms with Crippen LogP contribution in [-0.4, -0.2) is 31.3 Å². The molecule has 0 spiro atoms. The smallest absolute Gasteiger partial charge is 0.414 e. The van der Waals surface area contributed by atoms with Crippen LogP contribution >= 0.6 is 0 Å². The molecule has 28 heavy (non-hydrogen) atoms. The minimum atomic E-state index is -0.316. The molecular formula is C23H35NO4. The zero-order valence-corrected chi connectivity index (χ0v) is 17.8. The highest BCUT2D eigenvalue weighted by Gasteiger charge is 2.30. The van der Waals surface area contributed by atoms with Crippen LogP contribution < -0.4 is 4.90 Å². The molecule has 156 valence electrons. The molecule has 1 aromatic carbocycles. The van der Waals surface area contributed by atoms with E-state index >= 15 is 0 Å². The van der Waals surface area contributed by atoms with Gasteiger partial charge < -0.3 is 9.47 Å². The summed E-state index contributed by atoms with van der Waals surface area (Å²) in [7, 11) is 0. The lowest BCUT2D eigenvalue weighted by Crippen LogP contribution is -2.43. The Morgan fingerprint density at radius 3 is 2.21 bits per heavy atom. The van der Waals surface area contributed by atoms with Crippen molar-refractivity contribution in [2.75, 3.05) is 18.1 Å². The molecule has 0 heterocycles. The minimum Gasteiger partial charge on any atom is -0.465 e. The van der Waals surface area contributed by atoms with Crippen LogP contribution in [0.2, 0.25) is 0 Å². The van der Waals surface area contributed by atoms with E-state index in [9.17, 15) is 9.59 Å². The number of para-hydroxylation sites is 1. The Bertz CT molecular complexity index is 635. The van der Waals surface area contributed by atoms with Gasteiger partial charge in [-0.25, -0.2) is 4.79 Å². The van der Waals surface area contributed by atoms with E-state index in [1.165, 1.54) is 6.42 Å². The van der Waals surface area contributed by atoms with Crippen LogP contribution in [0.4, 0.5) is 10.5 Å². The van der Waals surface area contributed by atoms with Crippen molar-refractivity contribution in [3.63, 3.8) is 0 Å². The second kappa shape index (κ2) is 11.1. The molecule has 0 aromatic heterocycles. The lowest BCUT2D eigenvalue weighted by molar-refractivity contribution is -0.143. The number of nitrogens with zero attached hydrogens (tertiary/aromatic N) is 1. The maximum absolute atomic E-state index is 13.0. The Balaban J connectivity index is 2.23. The molecule has 1 fully saturated rings. The molecule has 2 rings (SSSR count). The van der Waals surface area contributed by atoms with Gasteiger partial charge in [0.25, 0.3) is 0 Å². The van der Waals surface area contributed by atoms with E-state index < -0.39 is 0 Å². The van der Waals surface area contributed by atoms with E-state index in [0.29, 0.717) is 19.1 Å². The Labute approximate surface area is 169 Å². The van der Waals surface area contributed by atoms with Gasteiger partial charge in [-0.1, -0.05) is 65.2 Å². The van der Waals surface area contributed by atoms with Crippen molar-refractivity contribution in [1.29, 1.82) is 0 Å². The molecule has 1 aliphatic rings. The van der Waals surface area contributed by atoms with Crippen LogP contribution in [0.25, 0.3) is 0 Å². The predicted molar refractivity (Wildman–Crippen MR) is 111 cm³/mol. The van der Waals surface area contributed by atoms with Gasteiger partial charge >= 0.3 is 12.1 Å². The number of amides is 1. The molecule has 1 aliphatic carbocycles. The fraction of sp³-hybridized carbons (Fsp3) is 0.652. The molecular weight excluding hydrogens is 354 g/mol. The van der Waals surface area contributed by atoms with Crippen molar-refractivity contribution in [2.45, 2.75) is 72.3 Å². The summed E-state index contributed by atoms with van der Waals surface area (Å²) in [6.07, 6.45) is 5.18. The number of carbonyl (C=O) groups excluding carboxylic acids is 2. The Morgan fingerprint density at radius 1 is 0.964 bits per heavy atom. The topological polar surface area (TPSA) is 55.8 Å². The number of anilines is 1. The first-order chi connectivity index (χ1) is 13.4. The fourth-order valence-corrected chi connectivity index (χ4v) is 3.45. The standard InChI is InChI=1S/C23H35NO4/c1-17(2)15-27-22(25)14-19-10-8-9-13-21(19)24(20-11-6-5-7-12-20)23(26)28-16-18(3)4/h8-10,13,17-18,20H,5-7,11-12,14-16H2,1-4H3. The third-order valence-electron chi connectivity index (χ3n) is 4.84. The third-order valence-corrected chi connectivity index (χ3v) is 4.84. The maximum Gasteiger partial charge on any atom is 0.414 e. The van der Waals surface area contributed by atoms with E-state index in [4.69, 9.17) is 9.47 Å². The van der Waals surface area contributed by atoms with E-state index in [2.05, 4.69) is 0 Å². The van der Waals surface area contributed by atoms with E-state index in [-0.39, 0.29) is 30.4 Å². The molecule has 0 saturated heterocycles. The monoisotopic (exact) mass is 389 g/mol. The molecule has 5 nitrogen and oxygen atoms in total. The van der Waals surface area contributed by atoms with Crippen LogP contribution in [0.15, 0.2) is 24.3 Å². The zero-order chi connectivity index (χ0) is 20.5. The second-order valence-corrected chi connectivity index (χ2v) is 8.51. The summed E-state index contributed by atoms with van der Waals surface area (Å²) in [5, 5.41) is 0. The van der Waals surface area contributed by atoms with Crippen molar-refractivity contribution in [3.8, 4) is 0 Å². The number of rotatable bonds is 8. The highest BCUT2D eigenvalue weighted by Crippen LogP contribution is 2.31. The summed E-state index contributed by atoms with van der Waals surface area (Å²) >= 11 is 0. The summed E-state index contributed by atoms with van der Waals surface area (Å²) in [4.78, 5) is 27.1. The van der Waals surface area contributed by atoms with Gasteiger partial charge in [0.15, 0.2) is 0 Å². The van der Waals surface area contributed by atoms with Crippen LogP contribution in [0, 0.1) is 11.8 Å². The van der Waals surface area contributed by atoms with Crippen LogP contribution in [0.5, 0.6) is 0 Å². The number of hydrogen-bond acceptors (Lipinski definition) is 4. The predicted octanol–water partition coefficient (Wildman–Crippen LogP) is 5.36. The first-order valence-electron chi connectivity index (χ1n) is 10.6. The van der Waals surface area contributed by atoms with E-state index in [1.807, 2.05) is 52.0 Å². The van der Waals surface area contributed by atoms with Gasteiger partial charge in [-0.15, -0.1) is 0 Å². The van der Waals surface area contributed by atoms with Gasteiger partial charge in [0.05, 0.1) is 25.3 Å². The molecule has 0 unspecified atom stereocenters. The lowest BCUT2D eigenvalue weighted by Gasteiger charge is -2.35. The molecule has 1 saturated carbocycles. The number of ether oxygens (including phenoxy) is 2. The van der Waals surface area contributed by atoms with Gasteiger partial charge in [-0.05, 0) is 36.3 Å². The van der Waals surface area contributed by atoms with Crippen molar-refractivity contribution in [1.82, 2.24) is 0 Å². The van der Waals surface area contributed by atoms with Gasteiger partial charge in [-0.2, -0.15) is 0 Å². The van der Waals surface area contributed by atoms with Crippen LogP contribution in [0.3, 0.4) is 0 Å². The van der Waals surface area contributed by atoms with Crippen molar-refractivity contribution in [2.24, 2.45) is 11.8 Å². The normalized spacial score (nSPS) is 14.9. The molecule has 0 N–H and O–H groups in total. The molecule has 0 bridgehead atoms. The number of carbonyl (C=O) groups is 2. The molecule has 1 aromatic rings. The first kappa shape index (κ1) is 22.3. The number of benzene rings is 1. The fourth-order valence-electron chi connectivity index (χ4n) is 3.45. The minimum absolute atomic E-state index is 0.112. The molecule has 0 radical (unpaired) electrons. The first-order valence-corrected chi connectivity index (χ1v) is 10.6. The Morgan fingerprint density at radius 2 is 1.57 bits per heavy atom. The van der Waals surface area contributed by atoms with E-state index in [1.54, 1.807) is 4.90 Å². The summed E-state index contributed by atoms with van der Waals surface area (Å²) in [5.41, 5.74) is 1.58. The largest absolute Gasteiger partial charge is 0.465 e. The van der Waals surface area contributed by atoms with Gasteiger partial charge in [0.2, 0.25) is 0 Å². The summed E-state index contributed by atoms with van der Waals surface area (Å²) in [6, 6.07) is 7.73. The van der Waals surface area contributed by atoms with Gasteiger partial charge in [0, 0.05) is 6.04 Å². The average molecular weight is 390 g/mol. The summed E-state index contributed by atoms with van der Waals surface area (Å²) in [6.45, 7) is 8.87. The summed E-state index contributed by atoms with van der Waals surface area (Å²) in [5.74, 6) is 0.308. The average Bonchev–Trinajstić information content (AvgIpc) is 2.67. The van der Waals surface area contributed by atoms with Crippen molar-refractivity contribution < 1.29 is 19.1 Å². The third kappa shape index (κ3) is 6.84. The van der Waals surface area contributed by atoms with E-state index in [0.717, 1.165) is 36.9 Å². The highest BCUT2D eigenvalue weighted by atomic mass is 16.6. The lowest BCUT2D eigenvalue weighted by atomic mass is 9.93. The van der Waals surface area contributed by atoms with Gasteiger partial charge in [0.1, 0.15) is 0 Å². The Kier molecular flexibility index (Phi) is 8.81. The van der Waals surface area contributed by atoms with Gasteiger partial charge in [-0.3, -0.25) is 9.69 Å². The number of hydrogen-bond donors (Lipinski definition) is 0. The maximum atomic E-state index is 13.0. The molecule has 1 amide bonds. The SMILES string of the molecule is CC(C)COC(=O)Cc1ccccc1N(C(=O)OCC(C)C)C1CCCCC1. The number of esters is 1. The summed E-state index contributed by atoms with van der Waals surface area (Å²) < 4.78 is 10.9. The van der Waals surface area contributed by atoms with Crippen LogP contribution in [-0.2, 0) is 20.7 Å². The van der Waals surface area contributed by atoms with Crippen molar-refractivity contribution >= 4 is 17.7 Å². The highest BCUT2D eigenvalue weighted by molar-refractivity contribution is 5.90. The van der Waals surface area contributed by atoms with Crippen molar-refractivity contribution in [3.05, 3.63) is 29.8 Å².